The maximum atomic E-state index is 12.9. The summed E-state index contributed by atoms with van der Waals surface area (Å²) in [5, 5.41) is 8.97. The van der Waals surface area contributed by atoms with Gasteiger partial charge < -0.3 is 16.6 Å². The number of rotatable bonds is 4. The fraction of sp³-hybridized carbons (Fsp3) is 0.400. The molecular weight excluding hydrogens is 219 g/mol. The van der Waals surface area contributed by atoms with Gasteiger partial charge >= 0.3 is 0 Å². The Morgan fingerprint density at radius 2 is 2.07 bits per heavy atom. The van der Waals surface area contributed by atoms with Crippen molar-refractivity contribution in [1.29, 1.82) is 0 Å². The second-order valence-corrected chi connectivity index (χ2v) is 3.25. The van der Waals surface area contributed by atoms with Crippen molar-refractivity contribution in [2.45, 2.75) is 18.9 Å². The highest BCUT2D eigenvalue weighted by Gasteiger charge is 2.08. The van der Waals surface area contributed by atoms with Crippen LogP contribution in [0.25, 0.3) is 0 Å². The molecule has 0 saturated carbocycles. The number of halogens is 2. The molecule has 5 heteroatoms. The molecule has 1 aromatic rings. The summed E-state index contributed by atoms with van der Waals surface area (Å²) in [4.78, 5) is 0. The molecule has 86 valence electrons. The van der Waals surface area contributed by atoms with Crippen LogP contribution < -0.4 is 11.5 Å². The monoisotopic (exact) mass is 234 g/mol. The zero-order valence-corrected chi connectivity index (χ0v) is 9.14. The van der Waals surface area contributed by atoms with E-state index in [9.17, 15) is 4.39 Å². The van der Waals surface area contributed by atoms with Gasteiger partial charge in [0.2, 0.25) is 0 Å². The lowest BCUT2D eigenvalue weighted by molar-refractivity contribution is 0.431. The number of hydrogen-bond donors (Lipinski definition) is 3. The number of hydrogen-bond acceptors (Lipinski definition) is 3. The van der Waals surface area contributed by atoms with Gasteiger partial charge in [0, 0.05) is 6.04 Å². The third-order valence-electron chi connectivity index (χ3n) is 2.12. The van der Waals surface area contributed by atoms with E-state index in [0.717, 1.165) is 12.8 Å². The van der Waals surface area contributed by atoms with Crippen molar-refractivity contribution in [3.63, 3.8) is 0 Å². The van der Waals surface area contributed by atoms with Crippen molar-refractivity contribution in [1.82, 2.24) is 0 Å². The lowest BCUT2D eigenvalue weighted by Gasteiger charge is -2.11. The summed E-state index contributed by atoms with van der Waals surface area (Å²) in [7, 11) is 0. The first-order chi connectivity index (χ1) is 6.65. The number of phenolic OH excluding ortho intramolecular Hbond substituents is 1. The van der Waals surface area contributed by atoms with Crippen molar-refractivity contribution in [2.75, 3.05) is 6.54 Å². The zero-order chi connectivity index (χ0) is 10.6. The minimum absolute atomic E-state index is 0. The lowest BCUT2D eigenvalue weighted by atomic mass is 10.0. The quantitative estimate of drug-likeness (QED) is 0.743. The molecule has 0 fully saturated rings. The molecule has 0 spiro atoms. The molecule has 15 heavy (non-hydrogen) atoms. The first-order valence-electron chi connectivity index (χ1n) is 4.59. The minimum Gasteiger partial charge on any atom is -0.505 e. The van der Waals surface area contributed by atoms with Gasteiger partial charge in [-0.3, -0.25) is 0 Å². The highest BCUT2D eigenvalue weighted by Crippen LogP contribution is 2.21. The van der Waals surface area contributed by atoms with E-state index in [1.54, 1.807) is 6.07 Å². The van der Waals surface area contributed by atoms with E-state index < -0.39 is 5.82 Å². The highest BCUT2D eigenvalue weighted by atomic mass is 35.5. The molecule has 0 aromatic heterocycles. The van der Waals surface area contributed by atoms with Crippen LogP contribution in [-0.2, 0) is 0 Å². The Bertz CT molecular complexity index is 309. The summed E-state index contributed by atoms with van der Waals surface area (Å²) in [6.07, 6.45) is 1.53. The summed E-state index contributed by atoms with van der Waals surface area (Å²) in [6, 6.07) is 3.98. The van der Waals surface area contributed by atoms with E-state index in [2.05, 4.69) is 0 Å². The number of benzene rings is 1. The third-order valence-corrected chi connectivity index (χ3v) is 2.12. The van der Waals surface area contributed by atoms with E-state index in [4.69, 9.17) is 16.6 Å². The van der Waals surface area contributed by atoms with Crippen molar-refractivity contribution >= 4 is 12.4 Å². The molecule has 0 aliphatic rings. The predicted molar refractivity (Wildman–Crippen MR) is 60.5 cm³/mol. The summed E-state index contributed by atoms with van der Waals surface area (Å²) < 4.78 is 12.9. The molecule has 0 aliphatic heterocycles. The van der Waals surface area contributed by atoms with E-state index in [-0.39, 0.29) is 24.2 Å². The fourth-order valence-corrected chi connectivity index (χ4v) is 1.26. The van der Waals surface area contributed by atoms with E-state index in [1.807, 2.05) is 0 Å². The molecule has 0 radical (unpaired) electrons. The average molecular weight is 235 g/mol. The first kappa shape index (κ1) is 14.2. The Kier molecular flexibility index (Phi) is 6.24. The Balaban J connectivity index is 0.00000196. The van der Waals surface area contributed by atoms with Crippen LogP contribution in [-0.4, -0.2) is 11.7 Å². The Morgan fingerprint density at radius 1 is 1.40 bits per heavy atom. The molecular formula is C10H16ClFN2O. The van der Waals surface area contributed by atoms with Crippen LogP contribution in [0.5, 0.6) is 5.75 Å². The maximum absolute atomic E-state index is 12.9. The lowest BCUT2D eigenvalue weighted by Crippen LogP contribution is -2.12. The molecule has 1 aromatic carbocycles. The number of aromatic hydroxyl groups is 1. The van der Waals surface area contributed by atoms with Gasteiger partial charge in [0.1, 0.15) is 0 Å². The van der Waals surface area contributed by atoms with Gasteiger partial charge in [0.15, 0.2) is 11.6 Å². The minimum atomic E-state index is -0.634. The third kappa shape index (κ3) is 4.03. The predicted octanol–water partition coefficient (Wildman–Crippen LogP) is 1.69. The maximum Gasteiger partial charge on any atom is 0.165 e. The summed E-state index contributed by atoms with van der Waals surface area (Å²) in [6.45, 7) is 0.578. The van der Waals surface area contributed by atoms with Crippen LogP contribution in [0.2, 0.25) is 0 Å². The van der Waals surface area contributed by atoms with Crippen LogP contribution in [0.4, 0.5) is 4.39 Å². The van der Waals surface area contributed by atoms with Crippen molar-refractivity contribution < 1.29 is 9.50 Å². The number of nitrogens with two attached hydrogens (primary N) is 2. The van der Waals surface area contributed by atoms with Gasteiger partial charge in [0.25, 0.3) is 0 Å². The molecule has 0 unspecified atom stereocenters. The van der Waals surface area contributed by atoms with Crippen LogP contribution in [0.15, 0.2) is 18.2 Å². The molecule has 3 nitrogen and oxygen atoms in total. The highest BCUT2D eigenvalue weighted by molar-refractivity contribution is 5.85. The van der Waals surface area contributed by atoms with E-state index >= 15 is 0 Å². The Labute approximate surface area is 94.7 Å². The Morgan fingerprint density at radius 3 is 2.60 bits per heavy atom. The van der Waals surface area contributed by atoms with Gasteiger partial charge in [-0.2, -0.15) is 0 Å². The first-order valence-corrected chi connectivity index (χ1v) is 4.59. The Hall–Kier alpha value is -0.840. The van der Waals surface area contributed by atoms with Gasteiger partial charge in [-0.15, -0.1) is 12.4 Å². The summed E-state index contributed by atoms with van der Waals surface area (Å²) in [5.41, 5.74) is 11.8. The summed E-state index contributed by atoms with van der Waals surface area (Å²) in [5.74, 6) is -0.981. The zero-order valence-electron chi connectivity index (χ0n) is 8.32. The molecule has 0 aliphatic carbocycles. The van der Waals surface area contributed by atoms with Gasteiger partial charge in [0.05, 0.1) is 0 Å². The topological polar surface area (TPSA) is 72.3 Å². The molecule has 0 amide bonds. The molecule has 1 atom stereocenters. The summed E-state index contributed by atoms with van der Waals surface area (Å²) >= 11 is 0. The van der Waals surface area contributed by atoms with Crippen molar-refractivity contribution in [3.8, 4) is 5.75 Å². The molecule has 1 rings (SSSR count). The second-order valence-electron chi connectivity index (χ2n) is 3.25. The van der Waals surface area contributed by atoms with Gasteiger partial charge in [-0.1, -0.05) is 6.07 Å². The fourth-order valence-electron chi connectivity index (χ4n) is 1.26. The second kappa shape index (κ2) is 6.61. The van der Waals surface area contributed by atoms with Crippen molar-refractivity contribution in [2.24, 2.45) is 11.5 Å². The SMILES string of the molecule is Cl.NCCC[C@H](N)c1ccc(O)c(F)c1. The van der Waals surface area contributed by atoms with Gasteiger partial charge in [-0.05, 0) is 37.1 Å². The molecule has 0 heterocycles. The number of phenols is 1. The molecule has 5 N–H and O–H groups in total. The van der Waals surface area contributed by atoms with Crippen molar-refractivity contribution in [3.05, 3.63) is 29.6 Å². The van der Waals surface area contributed by atoms with Crippen LogP contribution in [0.3, 0.4) is 0 Å². The molecule has 0 bridgehead atoms. The van der Waals surface area contributed by atoms with Crippen LogP contribution in [0.1, 0.15) is 24.4 Å². The molecule has 0 saturated heterocycles. The van der Waals surface area contributed by atoms with E-state index in [1.165, 1.54) is 12.1 Å². The van der Waals surface area contributed by atoms with E-state index in [0.29, 0.717) is 12.1 Å². The standard InChI is InChI=1S/C10H15FN2O.ClH/c11-8-6-7(3-4-10(8)14)9(13)2-1-5-12;/h3-4,6,9,14H,1-2,5,12-13H2;1H/t9-;/m0./s1. The average Bonchev–Trinajstić information content (AvgIpc) is 2.18. The van der Waals surface area contributed by atoms with Gasteiger partial charge in [-0.25, -0.2) is 4.39 Å². The van der Waals surface area contributed by atoms with Crippen LogP contribution >= 0.6 is 12.4 Å². The van der Waals surface area contributed by atoms with Crippen LogP contribution in [0, 0.1) is 5.82 Å². The largest absolute Gasteiger partial charge is 0.505 e. The smallest absolute Gasteiger partial charge is 0.165 e. The normalized spacial score (nSPS) is 11.9.